The lowest BCUT2D eigenvalue weighted by molar-refractivity contribution is 0.295. The van der Waals surface area contributed by atoms with Gasteiger partial charge in [-0.05, 0) is 24.9 Å². The lowest BCUT2D eigenvalue weighted by Gasteiger charge is -2.06. The highest BCUT2D eigenvalue weighted by Gasteiger charge is 2.02. The third-order valence-corrected chi connectivity index (χ3v) is 1.81. The van der Waals surface area contributed by atoms with Gasteiger partial charge in [0.2, 0.25) is 11.2 Å². The molecule has 72 valence electrons. The summed E-state index contributed by atoms with van der Waals surface area (Å²) < 4.78 is 5.42. The van der Waals surface area contributed by atoms with Gasteiger partial charge in [0.05, 0.1) is 6.61 Å². The first kappa shape index (κ1) is 10.3. The third kappa shape index (κ3) is 3.19. The maximum Gasteiger partial charge on any atom is 0.225 e. The Hall–Kier alpha value is -0.830. The average Bonchev–Trinajstić information content (AvgIpc) is 2.11. The summed E-state index contributed by atoms with van der Waals surface area (Å²) in [5.74, 6) is 0.591. The number of ether oxygens (including phenoxy) is 1. The first-order valence-electron chi connectivity index (χ1n) is 4.36. The van der Waals surface area contributed by atoms with E-state index in [1.807, 2.05) is 6.92 Å². The number of aryl methyl sites for hydroxylation is 1. The molecule has 0 radical (unpaired) electrons. The summed E-state index contributed by atoms with van der Waals surface area (Å²) in [6.45, 7) is 4.70. The summed E-state index contributed by atoms with van der Waals surface area (Å²) in [6, 6.07) is 0. The van der Waals surface area contributed by atoms with Gasteiger partial charge in [-0.1, -0.05) is 13.3 Å². The normalized spacial score (nSPS) is 10.1. The summed E-state index contributed by atoms with van der Waals surface area (Å²) in [7, 11) is 0. The quantitative estimate of drug-likeness (QED) is 0.554. The Labute approximate surface area is 83.1 Å². The van der Waals surface area contributed by atoms with Gasteiger partial charge in [0.25, 0.3) is 0 Å². The summed E-state index contributed by atoms with van der Waals surface area (Å²) in [5.41, 5.74) is 0.917. The van der Waals surface area contributed by atoms with E-state index < -0.39 is 0 Å². The van der Waals surface area contributed by atoms with Crippen LogP contribution in [0.15, 0.2) is 6.20 Å². The van der Waals surface area contributed by atoms with Gasteiger partial charge in [-0.3, -0.25) is 0 Å². The molecule has 1 aromatic rings. The number of hydrogen-bond acceptors (Lipinski definition) is 3. The molecule has 1 heterocycles. The van der Waals surface area contributed by atoms with Gasteiger partial charge in [-0.2, -0.15) is 4.98 Å². The zero-order valence-electron chi connectivity index (χ0n) is 7.88. The smallest absolute Gasteiger partial charge is 0.225 e. The molecule has 13 heavy (non-hydrogen) atoms. The molecule has 0 aliphatic rings. The second-order valence-electron chi connectivity index (χ2n) is 2.83. The van der Waals surface area contributed by atoms with Crippen molar-refractivity contribution < 1.29 is 4.74 Å². The molecule has 0 atom stereocenters. The second-order valence-corrected chi connectivity index (χ2v) is 3.17. The molecule has 1 rings (SSSR count). The minimum atomic E-state index is 0.233. The topological polar surface area (TPSA) is 35.0 Å². The molecule has 0 bridgehead atoms. The maximum absolute atomic E-state index is 5.63. The number of halogens is 1. The molecule has 4 heteroatoms. The Kier molecular flexibility index (Phi) is 3.96. The lowest BCUT2D eigenvalue weighted by Crippen LogP contribution is -2.01. The van der Waals surface area contributed by atoms with E-state index in [1.54, 1.807) is 6.20 Å². The molecule has 3 nitrogen and oxygen atoms in total. The molecule has 0 saturated heterocycles. The van der Waals surface area contributed by atoms with Crippen LogP contribution in [0.3, 0.4) is 0 Å². The molecule has 0 amide bonds. The fourth-order valence-corrected chi connectivity index (χ4v) is 0.991. The summed E-state index contributed by atoms with van der Waals surface area (Å²) in [5, 5.41) is 0.233. The van der Waals surface area contributed by atoms with Crippen LogP contribution < -0.4 is 4.74 Å². The zero-order chi connectivity index (χ0) is 9.68. The van der Waals surface area contributed by atoms with E-state index in [-0.39, 0.29) is 5.28 Å². The Balaban J connectivity index is 2.59. The van der Waals surface area contributed by atoms with Crippen molar-refractivity contribution in [3.63, 3.8) is 0 Å². The van der Waals surface area contributed by atoms with E-state index >= 15 is 0 Å². The van der Waals surface area contributed by atoms with Gasteiger partial charge in [-0.25, -0.2) is 4.98 Å². The predicted molar refractivity (Wildman–Crippen MR) is 52.2 cm³/mol. The van der Waals surface area contributed by atoms with Crippen molar-refractivity contribution in [2.75, 3.05) is 6.61 Å². The van der Waals surface area contributed by atoms with Crippen LogP contribution in [0.1, 0.15) is 25.3 Å². The largest absolute Gasteiger partial charge is 0.477 e. The number of nitrogens with zero attached hydrogens (tertiary/aromatic N) is 2. The van der Waals surface area contributed by atoms with Gasteiger partial charge in [0.1, 0.15) is 0 Å². The maximum atomic E-state index is 5.63. The average molecular weight is 201 g/mol. The number of hydrogen-bond donors (Lipinski definition) is 0. The summed E-state index contributed by atoms with van der Waals surface area (Å²) >= 11 is 5.63. The molecule has 0 unspecified atom stereocenters. The highest BCUT2D eigenvalue weighted by atomic mass is 35.5. The number of rotatable bonds is 4. The molecular formula is C9H13ClN2O. The van der Waals surface area contributed by atoms with Crippen LogP contribution in [0, 0.1) is 6.92 Å². The zero-order valence-corrected chi connectivity index (χ0v) is 8.64. The van der Waals surface area contributed by atoms with Crippen LogP contribution in [0.25, 0.3) is 0 Å². The highest BCUT2D eigenvalue weighted by molar-refractivity contribution is 6.28. The molecule has 1 aromatic heterocycles. The summed E-state index contributed by atoms with van der Waals surface area (Å²) in [6.07, 6.45) is 3.80. The van der Waals surface area contributed by atoms with Crippen molar-refractivity contribution >= 4 is 11.6 Å². The van der Waals surface area contributed by atoms with Gasteiger partial charge in [-0.15, -0.1) is 0 Å². The Morgan fingerprint density at radius 1 is 1.54 bits per heavy atom. The standard InChI is InChI=1S/C9H13ClN2O/c1-3-4-5-13-8-7(2)6-11-9(10)12-8/h6H,3-5H2,1-2H3. The molecule has 0 aliphatic heterocycles. The third-order valence-electron chi connectivity index (χ3n) is 1.63. The SMILES string of the molecule is CCCCOc1nc(Cl)ncc1C. The van der Waals surface area contributed by atoms with Crippen molar-refractivity contribution in [1.82, 2.24) is 9.97 Å². The number of unbranched alkanes of at least 4 members (excludes halogenated alkanes) is 1. The molecule has 0 N–H and O–H groups in total. The number of aromatic nitrogens is 2. The summed E-state index contributed by atoms with van der Waals surface area (Å²) in [4.78, 5) is 7.82. The van der Waals surface area contributed by atoms with Crippen molar-refractivity contribution in [2.45, 2.75) is 26.7 Å². The van der Waals surface area contributed by atoms with Crippen LogP contribution in [-0.2, 0) is 0 Å². The highest BCUT2D eigenvalue weighted by Crippen LogP contribution is 2.15. The predicted octanol–water partition coefficient (Wildman–Crippen LogP) is 2.62. The van der Waals surface area contributed by atoms with Crippen LogP contribution >= 0.6 is 11.6 Å². The Morgan fingerprint density at radius 3 is 3.00 bits per heavy atom. The monoisotopic (exact) mass is 200 g/mol. The van der Waals surface area contributed by atoms with Gasteiger partial charge in [0.15, 0.2) is 0 Å². The fourth-order valence-electron chi connectivity index (χ4n) is 0.865. The fraction of sp³-hybridized carbons (Fsp3) is 0.556. The van der Waals surface area contributed by atoms with Gasteiger partial charge < -0.3 is 4.74 Å². The lowest BCUT2D eigenvalue weighted by atomic mass is 10.3. The van der Waals surface area contributed by atoms with Gasteiger partial charge in [0, 0.05) is 11.8 Å². The first-order chi connectivity index (χ1) is 6.24. The molecular weight excluding hydrogens is 188 g/mol. The minimum absolute atomic E-state index is 0.233. The molecule has 0 saturated carbocycles. The molecule has 0 aliphatic carbocycles. The van der Waals surface area contributed by atoms with Crippen molar-refractivity contribution in [2.24, 2.45) is 0 Å². The van der Waals surface area contributed by atoms with E-state index in [1.165, 1.54) is 0 Å². The molecule has 0 fully saturated rings. The van der Waals surface area contributed by atoms with Crippen LogP contribution in [-0.4, -0.2) is 16.6 Å². The van der Waals surface area contributed by atoms with E-state index in [9.17, 15) is 0 Å². The Bertz CT molecular complexity index is 278. The van der Waals surface area contributed by atoms with Gasteiger partial charge >= 0.3 is 0 Å². The van der Waals surface area contributed by atoms with Crippen LogP contribution in [0.2, 0.25) is 5.28 Å². The second kappa shape index (κ2) is 5.02. The first-order valence-corrected chi connectivity index (χ1v) is 4.73. The Morgan fingerprint density at radius 2 is 2.31 bits per heavy atom. The van der Waals surface area contributed by atoms with E-state index in [0.29, 0.717) is 12.5 Å². The van der Waals surface area contributed by atoms with Crippen LogP contribution in [0.5, 0.6) is 5.88 Å². The van der Waals surface area contributed by atoms with E-state index in [4.69, 9.17) is 16.3 Å². The van der Waals surface area contributed by atoms with Crippen molar-refractivity contribution in [3.8, 4) is 5.88 Å². The van der Waals surface area contributed by atoms with E-state index in [0.717, 1.165) is 18.4 Å². The molecule has 0 spiro atoms. The van der Waals surface area contributed by atoms with Crippen molar-refractivity contribution in [3.05, 3.63) is 17.0 Å². The minimum Gasteiger partial charge on any atom is -0.477 e. The molecule has 0 aromatic carbocycles. The van der Waals surface area contributed by atoms with Crippen LogP contribution in [0.4, 0.5) is 0 Å². The van der Waals surface area contributed by atoms with Crippen molar-refractivity contribution in [1.29, 1.82) is 0 Å². The van der Waals surface area contributed by atoms with E-state index in [2.05, 4.69) is 16.9 Å².